The van der Waals surface area contributed by atoms with E-state index >= 15 is 0 Å². The SMILES string of the molecule is Nc1c(S(=O)(=O)c2ccc(Cl)cc2)c2nc3ccccc3nc2n1CCc1ccccc1. The molecule has 0 bridgehead atoms. The highest BCUT2D eigenvalue weighted by atomic mass is 35.5. The standard InChI is InChI=1S/C24H19ClN4O2S/c25-17-10-12-18(13-11-17)32(30,31)22-21-24(28-20-9-5-4-8-19(20)27-21)29(23(22)26)15-14-16-6-2-1-3-7-16/h1-13H,14-15,26H2. The van der Waals surface area contributed by atoms with Crippen LogP contribution in [0.4, 0.5) is 5.82 Å². The molecule has 0 atom stereocenters. The first-order chi connectivity index (χ1) is 15.4. The molecule has 3 aromatic carbocycles. The second kappa shape index (κ2) is 7.93. The van der Waals surface area contributed by atoms with Crippen LogP contribution in [0.3, 0.4) is 0 Å². The van der Waals surface area contributed by atoms with Gasteiger partial charge in [-0.15, -0.1) is 0 Å². The smallest absolute Gasteiger partial charge is 0.212 e. The second-order valence-corrected chi connectivity index (χ2v) is 9.77. The van der Waals surface area contributed by atoms with Crippen LogP contribution in [-0.4, -0.2) is 23.0 Å². The molecule has 2 aromatic heterocycles. The van der Waals surface area contributed by atoms with Gasteiger partial charge in [-0.2, -0.15) is 0 Å². The lowest BCUT2D eigenvalue weighted by Crippen LogP contribution is -2.09. The topological polar surface area (TPSA) is 90.9 Å². The average Bonchev–Trinajstić information content (AvgIpc) is 3.07. The fraction of sp³-hybridized carbons (Fsp3) is 0.0833. The maximum Gasteiger partial charge on any atom is 0.212 e. The molecule has 0 fully saturated rings. The minimum Gasteiger partial charge on any atom is -0.384 e. The zero-order valence-electron chi connectivity index (χ0n) is 16.9. The van der Waals surface area contributed by atoms with Crippen LogP contribution in [0, 0.1) is 0 Å². The van der Waals surface area contributed by atoms with E-state index in [1.807, 2.05) is 48.5 Å². The molecule has 0 spiro atoms. The number of nitrogens with two attached hydrogens (primary N) is 1. The number of hydrogen-bond acceptors (Lipinski definition) is 5. The highest BCUT2D eigenvalue weighted by molar-refractivity contribution is 7.92. The van der Waals surface area contributed by atoms with Crippen LogP contribution in [-0.2, 0) is 22.8 Å². The number of halogens is 1. The van der Waals surface area contributed by atoms with Gasteiger partial charge in [-0.25, -0.2) is 18.4 Å². The molecule has 5 rings (SSSR count). The van der Waals surface area contributed by atoms with Gasteiger partial charge >= 0.3 is 0 Å². The molecule has 5 aromatic rings. The highest BCUT2D eigenvalue weighted by Gasteiger charge is 2.30. The number of sulfone groups is 1. The molecule has 0 aliphatic heterocycles. The Morgan fingerprint density at radius 2 is 1.47 bits per heavy atom. The number of benzene rings is 3. The predicted octanol–water partition coefficient (Wildman–Crippen LogP) is 4.90. The number of aromatic nitrogens is 3. The van der Waals surface area contributed by atoms with Crippen LogP contribution in [0.2, 0.25) is 5.02 Å². The third-order valence-corrected chi connectivity index (χ3v) is 7.49. The molecule has 0 radical (unpaired) electrons. The number of nitrogen functional groups attached to an aromatic ring is 1. The summed E-state index contributed by atoms with van der Waals surface area (Å²) in [5.41, 5.74) is 9.59. The van der Waals surface area contributed by atoms with Crippen molar-refractivity contribution in [3.05, 3.63) is 89.4 Å². The molecule has 0 aliphatic carbocycles. The molecule has 2 heterocycles. The van der Waals surface area contributed by atoms with E-state index in [2.05, 4.69) is 4.98 Å². The zero-order valence-corrected chi connectivity index (χ0v) is 18.5. The van der Waals surface area contributed by atoms with E-state index in [4.69, 9.17) is 22.3 Å². The fourth-order valence-electron chi connectivity index (χ4n) is 3.80. The molecule has 0 saturated heterocycles. The molecular weight excluding hydrogens is 444 g/mol. The predicted molar refractivity (Wildman–Crippen MR) is 126 cm³/mol. The fourth-order valence-corrected chi connectivity index (χ4v) is 5.43. The summed E-state index contributed by atoms with van der Waals surface area (Å²) in [7, 11) is -3.95. The van der Waals surface area contributed by atoms with Crippen LogP contribution in [0.5, 0.6) is 0 Å². The van der Waals surface area contributed by atoms with E-state index in [1.54, 1.807) is 22.8 Å². The molecule has 0 unspecified atom stereocenters. The monoisotopic (exact) mass is 462 g/mol. The number of aryl methyl sites for hydroxylation is 2. The molecule has 0 aliphatic rings. The summed E-state index contributed by atoms with van der Waals surface area (Å²) in [6.07, 6.45) is 0.670. The second-order valence-electron chi connectivity index (χ2n) is 7.44. The van der Waals surface area contributed by atoms with Gasteiger partial charge in [0.25, 0.3) is 0 Å². The molecule has 160 valence electrons. The Labute approximate surface area is 190 Å². The molecule has 32 heavy (non-hydrogen) atoms. The lowest BCUT2D eigenvalue weighted by Gasteiger charge is -2.08. The molecule has 0 amide bonds. The Bertz CT molecular complexity index is 1550. The van der Waals surface area contributed by atoms with Gasteiger partial charge in [0, 0.05) is 11.6 Å². The van der Waals surface area contributed by atoms with Gasteiger partial charge in [-0.05, 0) is 48.4 Å². The summed E-state index contributed by atoms with van der Waals surface area (Å²) in [6.45, 7) is 0.468. The quantitative estimate of drug-likeness (QED) is 0.401. The minimum atomic E-state index is -3.95. The van der Waals surface area contributed by atoms with Crippen LogP contribution in [0.1, 0.15) is 5.56 Å². The van der Waals surface area contributed by atoms with Crippen molar-refractivity contribution < 1.29 is 8.42 Å². The van der Waals surface area contributed by atoms with Gasteiger partial charge in [0.2, 0.25) is 9.84 Å². The molecular formula is C24H19ClN4O2S. The third-order valence-electron chi connectivity index (χ3n) is 5.41. The van der Waals surface area contributed by atoms with Crippen LogP contribution >= 0.6 is 11.6 Å². The van der Waals surface area contributed by atoms with E-state index in [9.17, 15) is 8.42 Å². The van der Waals surface area contributed by atoms with E-state index in [0.29, 0.717) is 34.7 Å². The Morgan fingerprint density at radius 3 is 2.16 bits per heavy atom. The van der Waals surface area contributed by atoms with Gasteiger partial charge < -0.3 is 10.3 Å². The largest absolute Gasteiger partial charge is 0.384 e. The molecule has 8 heteroatoms. The Kier molecular flexibility index (Phi) is 5.07. The lowest BCUT2D eigenvalue weighted by atomic mass is 10.1. The molecule has 6 nitrogen and oxygen atoms in total. The van der Waals surface area contributed by atoms with Crippen molar-refractivity contribution in [2.45, 2.75) is 22.8 Å². The number of para-hydroxylation sites is 2. The number of nitrogens with zero attached hydrogens (tertiary/aromatic N) is 3. The Hall–Kier alpha value is -3.42. The first kappa shape index (κ1) is 20.5. The maximum atomic E-state index is 13.6. The van der Waals surface area contributed by atoms with Crippen molar-refractivity contribution in [3.8, 4) is 0 Å². The van der Waals surface area contributed by atoms with Gasteiger partial charge in [0.05, 0.1) is 15.9 Å². The number of fused-ring (bicyclic) bond motifs is 2. The number of hydrogen-bond donors (Lipinski definition) is 1. The van der Waals surface area contributed by atoms with E-state index < -0.39 is 9.84 Å². The van der Waals surface area contributed by atoms with E-state index in [0.717, 1.165) is 5.56 Å². The van der Waals surface area contributed by atoms with Crippen LogP contribution in [0.15, 0.2) is 88.7 Å². The maximum absolute atomic E-state index is 13.6. The van der Waals surface area contributed by atoms with Gasteiger partial charge in [0.15, 0.2) is 5.65 Å². The van der Waals surface area contributed by atoms with Crippen LogP contribution < -0.4 is 5.73 Å². The van der Waals surface area contributed by atoms with Crippen LogP contribution in [0.25, 0.3) is 22.2 Å². The van der Waals surface area contributed by atoms with Crippen molar-refractivity contribution in [1.29, 1.82) is 0 Å². The first-order valence-corrected chi connectivity index (χ1v) is 11.9. The zero-order chi connectivity index (χ0) is 22.3. The summed E-state index contributed by atoms with van der Waals surface area (Å²) in [5.74, 6) is 0.126. The number of rotatable bonds is 5. The van der Waals surface area contributed by atoms with E-state index in [-0.39, 0.29) is 21.1 Å². The number of anilines is 1. The van der Waals surface area contributed by atoms with Crippen molar-refractivity contribution in [1.82, 2.24) is 14.5 Å². The first-order valence-electron chi connectivity index (χ1n) is 10.0. The van der Waals surface area contributed by atoms with E-state index in [1.165, 1.54) is 12.1 Å². The molecule has 0 saturated carbocycles. The van der Waals surface area contributed by atoms with Crippen molar-refractivity contribution in [3.63, 3.8) is 0 Å². The van der Waals surface area contributed by atoms with Gasteiger partial charge in [-0.3, -0.25) is 0 Å². The van der Waals surface area contributed by atoms with Gasteiger partial charge in [0.1, 0.15) is 16.2 Å². The summed E-state index contributed by atoms with van der Waals surface area (Å²) in [5, 5.41) is 0.452. The molecule has 2 N–H and O–H groups in total. The third kappa shape index (κ3) is 3.49. The Morgan fingerprint density at radius 1 is 0.844 bits per heavy atom. The van der Waals surface area contributed by atoms with Gasteiger partial charge in [-0.1, -0.05) is 54.1 Å². The van der Waals surface area contributed by atoms with Crippen molar-refractivity contribution in [2.75, 3.05) is 5.73 Å². The Balaban J connectivity index is 1.74. The lowest BCUT2D eigenvalue weighted by molar-refractivity contribution is 0.596. The summed E-state index contributed by atoms with van der Waals surface area (Å²) >= 11 is 5.96. The summed E-state index contributed by atoms with van der Waals surface area (Å²) < 4.78 is 28.9. The van der Waals surface area contributed by atoms with Crippen molar-refractivity contribution >= 4 is 49.5 Å². The normalized spacial score (nSPS) is 11.9. The minimum absolute atomic E-state index is 0.0267. The summed E-state index contributed by atoms with van der Waals surface area (Å²) in [4.78, 5) is 9.46. The average molecular weight is 463 g/mol. The highest BCUT2D eigenvalue weighted by Crippen LogP contribution is 2.35. The van der Waals surface area contributed by atoms with Crippen molar-refractivity contribution in [2.24, 2.45) is 0 Å². The summed E-state index contributed by atoms with van der Waals surface area (Å²) in [6, 6.07) is 23.3.